The van der Waals surface area contributed by atoms with Gasteiger partial charge in [-0.2, -0.15) is 0 Å². The van der Waals surface area contributed by atoms with Gasteiger partial charge in [-0.15, -0.1) is 0 Å². The number of H-pyrrole nitrogens is 1. The van der Waals surface area contributed by atoms with Gasteiger partial charge in [-0.3, -0.25) is 4.79 Å². The van der Waals surface area contributed by atoms with E-state index < -0.39 is 17.1 Å². The van der Waals surface area contributed by atoms with E-state index in [0.29, 0.717) is 22.7 Å². The van der Waals surface area contributed by atoms with Crippen molar-refractivity contribution >= 4 is 5.97 Å². The largest absolute Gasteiger partial charge is 0.506 e. The van der Waals surface area contributed by atoms with Gasteiger partial charge in [0, 0.05) is 17.2 Å². The number of nitrogens with one attached hydrogen (secondary N) is 1. The van der Waals surface area contributed by atoms with Crippen molar-refractivity contribution in [2.45, 2.75) is 19.8 Å². The standard InChI is InChI=1S/C16H16N2O5/c1-7-6-23-9-5-4-8(2)17-12(9)13-10(7)14(19)11(15(20)18-13)16(21)22-3/h4-5,7H,6H2,1-3H3,(H2,18,19,20). The molecule has 2 aromatic heterocycles. The minimum atomic E-state index is -0.888. The topological polar surface area (TPSA) is 102 Å². The molecule has 0 aliphatic carbocycles. The number of aromatic nitrogens is 2. The molecule has 1 aliphatic heterocycles. The quantitative estimate of drug-likeness (QED) is 0.777. The van der Waals surface area contributed by atoms with E-state index in [-0.39, 0.29) is 18.3 Å². The highest BCUT2D eigenvalue weighted by atomic mass is 16.5. The lowest BCUT2D eigenvalue weighted by Crippen LogP contribution is -2.22. The Hall–Kier alpha value is -2.83. The third-order valence-electron chi connectivity index (χ3n) is 3.83. The fourth-order valence-electron chi connectivity index (χ4n) is 2.70. The number of methoxy groups -OCH3 is 1. The van der Waals surface area contributed by atoms with Gasteiger partial charge >= 0.3 is 5.97 Å². The normalized spacial score (nSPS) is 15.9. The number of aromatic amines is 1. The molecule has 7 heteroatoms. The van der Waals surface area contributed by atoms with Gasteiger partial charge in [-0.25, -0.2) is 9.78 Å². The third kappa shape index (κ3) is 2.34. The summed E-state index contributed by atoms with van der Waals surface area (Å²) < 4.78 is 10.3. The Kier molecular flexibility index (Phi) is 3.55. The Balaban J connectivity index is 2.37. The van der Waals surface area contributed by atoms with Gasteiger partial charge in [0.2, 0.25) is 0 Å². The molecule has 0 amide bonds. The minimum Gasteiger partial charge on any atom is -0.506 e. The maximum atomic E-state index is 12.2. The number of carbonyl (C=O) groups excluding carboxylic acids is 1. The Labute approximate surface area is 131 Å². The van der Waals surface area contributed by atoms with Crippen molar-refractivity contribution in [3.8, 4) is 22.9 Å². The van der Waals surface area contributed by atoms with Crippen molar-refractivity contribution < 1.29 is 19.4 Å². The van der Waals surface area contributed by atoms with Gasteiger partial charge in [0.25, 0.3) is 5.56 Å². The van der Waals surface area contributed by atoms with Gasteiger partial charge in [-0.05, 0) is 19.1 Å². The lowest BCUT2D eigenvalue weighted by molar-refractivity contribution is 0.0595. The highest BCUT2D eigenvalue weighted by Crippen LogP contribution is 2.41. The molecule has 1 atom stereocenters. The molecule has 7 nitrogen and oxygen atoms in total. The summed E-state index contributed by atoms with van der Waals surface area (Å²) in [6.07, 6.45) is 0. The van der Waals surface area contributed by atoms with Crippen LogP contribution in [0.1, 0.15) is 34.5 Å². The Morgan fingerprint density at radius 3 is 2.91 bits per heavy atom. The van der Waals surface area contributed by atoms with Gasteiger partial charge < -0.3 is 19.6 Å². The average Bonchev–Trinajstić information content (AvgIpc) is 2.64. The summed E-state index contributed by atoms with van der Waals surface area (Å²) in [5.74, 6) is -1.01. The summed E-state index contributed by atoms with van der Waals surface area (Å²) in [6, 6.07) is 3.57. The summed E-state index contributed by atoms with van der Waals surface area (Å²) in [7, 11) is 1.15. The number of aryl methyl sites for hydroxylation is 1. The fourth-order valence-corrected chi connectivity index (χ4v) is 2.70. The third-order valence-corrected chi connectivity index (χ3v) is 3.83. The Morgan fingerprint density at radius 1 is 1.48 bits per heavy atom. The first-order valence-corrected chi connectivity index (χ1v) is 7.12. The van der Waals surface area contributed by atoms with Crippen LogP contribution in [-0.4, -0.2) is 34.8 Å². The molecule has 0 aromatic carbocycles. The lowest BCUT2D eigenvalue weighted by Gasteiger charge is -2.15. The molecule has 3 rings (SSSR count). The van der Waals surface area contributed by atoms with Crippen molar-refractivity contribution in [2.75, 3.05) is 13.7 Å². The number of ether oxygens (including phenoxy) is 2. The van der Waals surface area contributed by atoms with Crippen LogP contribution in [0.4, 0.5) is 0 Å². The SMILES string of the molecule is COC(=O)c1c(O)c2c([nH]c1=O)-c1nc(C)ccc1OCC2C. The molecule has 3 heterocycles. The van der Waals surface area contributed by atoms with Gasteiger partial charge in [0.1, 0.15) is 17.2 Å². The molecule has 0 saturated heterocycles. The van der Waals surface area contributed by atoms with E-state index >= 15 is 0 Å². The maximum absolute atomic E-state index is 12.2. The lowest BCUT2D eigenvalue weighted by atomic mass is 9.96. The second-order valence-corrected chi connectivity index (χ2v) is 5.47. The van der Waals surface area contributed by atoms with Crippen LogP contribution < -0.4 is 10.3 Å². The maximum Gasteiger partial charge on any atom is 0.347 e. The summed E-state index contributed by atoms with van der Waals surface area (Å²) in [5.41, 5.74) is 0.828. The minimum absolute atomic E-state index is 0.250. The van der Waals surface area contributed by atoms with Crippen LogP contribution in [0.25, 0.3) is 11.4 Å². The number of nitrogens with zero attached hydrogens (tertiary/aromatic N) is 1. The van der Waals surface area contributed by atoms with Crippen LogP contribution in [0.5, 0.6) is 11.5 Å². The fraction of sp³-hybridized carbons (Fsp3) is 0.312. The van der Waals surface area contributed by atoms with Crippen LogP contribution in [0.2, 0.25) is 0 Å². The Bertz CT molecular complexity index is 856. The molecule has 1 aliphatic rings. The van der Waals surface area contributed by atoms with Crippen molar-refractivity contribution in [2.24, 2.45) is 0 Å². The molecule has 2 N–H and O–H groups in total. The van der Waals surface area contributed by atoms with E-state index in [2.05, 4.69) is 14.7 Å². The molecular formula is C16H16N2O5. The van der Waals surface area contributed by atoms with E-state index in [1.165, 1.54) is 0 Å². The summed E-state index contributed by atoms with van der Waals surface area (Å²) in [5, 5.41) is 10.5. The predicted molar refractivity (Wildman–Crippen MR) is 81.9 cm³/mol. The highest BCUT2D eigenvalue weighted by Gasteiger charge is 2.30. The monoisotopic (exact) mass is 316 g/mol. The van der Waals surface area contributed by atoms with E-state index in [1.54, 1.807) is 12.1 Å². The van der Waals surface area contributed by atoms with E-state index in [9.17, 15) is 14.7 Å². The first-order chi connectivity index (χ1) is 10.9. The number of carbonyl (C=O) groups is 1. The van der Waals surface area contributed by atoms with Crippen LogP contribution in [-0.2, 0) is 4.74 Å². The van der Waals surface area contributed by atoms with Crippen LogP contribution in [0, 0.1) is 6.92 Å². The summed E-state index contributed by atoms with van der Waals surface area (Å²) in [4.78, 5) is 31.1. The van der Waals surface area contributed by atoms with Crippen LogP contribution in [0.3, 0.4) is 0 Å². The Morgan fingerprint density at radius 2 is 2.22 bits per heavy atom. The van der Waals surface area contributed by atoms with Crippen molar-refractivity contribution in [3.63, 3.8) is 0 Å². The van der Waals surface area contributed by atoms with E-state index in [0.717, 1.165) is 12.8 Å². The zero-order chi connectivity index (χ0) is 16.7. The molecule has 0 radical (unpaired) electrons. The van der Waals surface area contributed by atoms with Crippen molar-refractivity contribution in [3.05, 3.63) is 39.3 Å². The molecular weight excluding hydrogens is 300 g/mol. The molecule has 0 saturated carbocycles. The molecule has 1 unspecified atom stereocenters. The number of hydrogen-bond acceptors (Lipinski definition) is 6. The first-order valence-electron chi connectivity index (χ1n) is 7.12. The number of hydrogen-bond donors (Lipinski definition) is 2. The summed E-state index contributed by atoms with van der Waals surface area (Å²) in [6.45, 7) is 3.93. The average molecular weight is 316 g/mol. The van der Waals surface area contributed by atoms with E-state index in [1.807, 2.05) is 13.8 Å². The molecule has 0 bridgehead atoms. The second kappa shape index (κ2) is 5.42. The van der Waals surface area contributed by atoms with Gasteiger partial charge in [0.05, 0.1) is 19.4 Å². The predicted octanol–water partition coefficient (Wildman–Crippen LogP) is 1.73. The number of aromatic hydroxyl groups is 1. The first kappa shape index (κ1) is 15.1. The second-order valence-electron chi connectivity index (χ2n) is 5.47. The number of esters is 1. The highest BCUT2D eigenvalue weighted by molar-refractivity contribution is 5.93. The zero-order valence-electron chi connectivity index (χ0n) is 13.0. The molecule has 0 spiro atoms. The smallest absolute Gasteiger partial charge is 0.347 e. The molecule has 120 valence electrons. The van der Waals surface area contributed by atoms with Gasteiger partial charge in [0.15, 0.2) is 5.56 Å². The van der Waals surface area contributed by atoms with Crippen molar-refractivity contribution in [1.29, 1.82) is 0 Å². The molecule has 23 heavy (non-hydrogen) atoms. The number of rotatable bonds is 1. The van der Waals surface area contributed by atoms with Crippen LogP contribution in [0.15, 0.2) is 16.9 Å². The zero-order valence-corrected chi connectivity index (χ0v) is 13.0. The van der Waals surface area contributed by atoms with Gasteiger partial charge in [-0.1, -0.05) is 6.92 Å². The number of pyridine rings is 2. The summed E-state index contributed by atoms with van der Waals surface area (Å²) >= 11 is 0. The van der Waals surface area contributed by atoms with Crippen LogP contribution >= 0.6 is 0 Å². The number of fused-ring (bicyclic) bond motifs is 3. The molecule has 2 aromatic rings. The molecule has 0 fully saturated rings. The van der Waals surface area contributed by atoms with E-state index in [4.69, 9.17) is 4.74 Å². The van der Waals surface area contributed by atoms with Crippen molar-refractivity contribution in [1.82, 2.24) is 9.97 Å².